The molecule has 2 amide bonds. The van der Waals surface area contributed by atoms with Crippen LogP contribution in [0.3, 0.4) is 0 Å². The van der Waals surface area contributed by atoms with Gasteiger partial charge in [-0.25, -0.2) is 0 Å². The SMILES string of the molecule is CC(C)(C)c1ccc(CN2C(=O)[C@H]3CC=CC[C@H]3C2=O)cc1. The van der Waals surface area contributed by atoms with E-state index in [4.69, 9.17) is 0 Å². The number of rotatable bonds is 2. The molecule has 1 aliphatic heterocycles. The summed E-state index contributed by atoms with van der Waals surface area (Å²) < 4.78 is 0. The lowest BCUT2D eigenvalue weighted by molar-refractivity contribution is -0.140. The van der Waals surface area contributed by atoms with Crippen LogP contribution in [0.15, 0.2) is 36.4 Å². The van der Waals surface area contributed by atoms with E-state index in [0.717, 1.165) is 5.56 Å². The summed E-state index contributed by atoms with van der Waals surface area (Å²) in [6.07, 6.45) is 5.45. The Kier molecular flexibility index (Phi) is 3.67. The Morgan fingerprint density at radius 1 is 0.955 bits per heavy atom. The summed E-state index contributed by atoms with van der Waals surface area (Å²) in [5.74, 6) is -0.267. The number of carbonyl (C=O) groups is 2. The first-order valence-electron chi connectivity index (χ1n) is 7.97. The highest BCUT2D eigenvalue weighted by atomic mass is 16.2. The predicted octanol–water partition coefficient (Wildman–Crippen LogP) is 3.44. The highest BCUT2D eigenvalue weighted by Crippen LogP contribution is 2.35. The Hall–Kier alpha value is -1.90. The van der Waals surface area contributed by atoms with Gasteiger partial charge in [-0.15, -0.1) is 0 Å². The molecular formula is C19H23NO2. The first-order valence-corrected chi connectivity index (χ1v) is 7.97. The quantitative estimate of drug-likeness (QED) is 0.619. The lowest BCUT2D eigenvalue weighted by Crippen LogP contribution is -2.30. The lowest BCUT2D eigenvalue weighted by Gasteiger charge is -2.20. The van der Waals surface area contributed by atoms with Crippen molar-refractivity contribution in [3.05, 3.63) is 47.5 Å². The van der Waals surface area contributed by atoms with Gasteiger partial charge in [-0.1, -0.05) is 57.2 Å². The predicted molar refractivity (Wildman–Crippen MR) is 86.1 cm³/mol. The Bertz CT molecular complexity index is 596. The van der Waals surface area contributed by atoms with Gasteiger partial charge in [0.2, 0.25) is 11.8 Å². The van der Waals surface area contributed by atoms with Crippen molar-refractivity contribution in [1.29, 1.82) is 0 Å². The summed E-state index contributed by atoms with van der Waals surface area (Å²) in [5, 5.41) is 0. The summed E-state index contributed by atoms with van der Waals surface area (Å²) in [7, 11) is 0. The monoisotopic (exact) mass is 297 g/mol. The molecule has 0 saturated carbocycles. The molecule has 1 heterocycles. The molecule has 0 spiro atoms. The van der Waals surface area contributed by atoms with E-state index in [1.165, 1.54) is 10.5 Å². The highest BCUT2D eigenvalue weighted by Gasteiger charge is 2.46. The second-order valence-electron chi connectivity index (χ2n) is 7.37. The van der Waals surface area contributed by atoms with E-state index < -0.39 is 0 Å². The Morgan fingerprint density at radius 3 is 1.91 bits per heavy atom. The molecule has 0 aromatic heterocycles. The number of imide groups is 1. The van der Waals surface area contributed by atoms with Crippen LogP contribution in [0.1, 0.15) is 44.7 Å². The van der Waals surface area contributed by atoms with Gasteiger partial charge in [-0.2, -0.15) is 0 Å². The van der Waals surface area contributed by atoms with Gasteiger partial charge in [0.15, 0.2) is 0 Å². The minimum absolute atomic E-state index is 0.000696. The van der Waals surface area contributed by atoms with E-state index in [2.05, 4.69) is 32.9 Å². The van der Waals surface area contributed by atoms with Gasteiger partial charge in [-0.05, 0) is 29.4 Å². The largest absolute Gasteiger partial charge is 0.278 e. The zero-order chi connectivity index (χ0) is 15.9. The van der Waals surface area contributed by atoms with Gasteiger partial charge in [0.1, 0.15) is 0 Å². The molecule has 1 aromatic rings. The van der Waals surface area contributed by atoms with Gasteiger partial charge in [0.25, 0.3) is 0 Å². The molecule has 1 aromatic carbocycles. The fourth-order valence-electron chi connectivity index (χ4n) is 3.32. The molecule has 3 rings (SSSR count). The van der Waals surface area contributed by atoms with Crippen LogP contribution in [0.25, 0.3) is 0 Å². The van der Waals surface area contributed by atoms with Crippen LogP contribution in [0, 0.1) is 11.8 Å². The van der Waals surface area contributed by atoms with E-state index in [-0.39, 0.29) is 29.1 Å². The molecule has 0 N–H and O–H groups in total. The minimum Gasteiger partial charge on any atom is -0.278 e. The number of hydrogen-bond acceptors (Lipinski definition) is 2. The number of nitrogens with zero attached hydrogens (tertiary/aromatic N) is 1. The van der Waals surface area contributed by atoms with Crippen LogP contribution in [0.4, 0.5) is 0 Å². The number of hydrogen-bond donors (Lipinski definition) is 0. The number of amides is 2. The summed E-state index contributed by atoms with van der Waals surface area (Å²) >= 11 is 0. The maximum Gasteiger partial charge on any atom is 0.233 e. The van der Waals surface area contributed by atoms with Crippen LogP contribution in [0.5, 0.6) is 0 Å². The van der Waals surface area contributed by atoms with Gasteiger partial charge < -0.3 is 0 Å². The summed E-state index contributed by atoms with van der Waals surface area (Å²) in [6.45, 7) is 6.92. The van der Waals surface area contributed by atoms with Gasteiger partial charge in [-0.3, -0.25) is 14.5 Å². The molecule has 2 atom stereocenters. The fraction of sp³-hybridized carbons (Fsp3) is 0.474. The van der Waals surface area contributed by atoms with E-state index in [9.17, 15) is 9.59 Å². The van der Waals surface area contributed by atoms with Crippen molar-refractivity contribution in [2.75, 3.05) is 0 Å². The van der Waals surface area contributed by atoms with Gasteiger partial charge in [0, 0.05) is 0 Å². The molecule has 0 unspecified atom stereocenters. The second kappa shape index (κ2) is 5.38. The van der Waals surface area contributed by atoms with Crippen molar-refractivity contribution in [2.24, 2.45) is 11.8 Å². The first kappa shape index (κ1) is 15.0. The van der Waals surface area contributed by atoms with E-state index in [1.807, 2.05) is 24.3 Å². The maximum atomic E-state index is 12.5. The summed E-state index contributed by atoms with van der Waals surface area (Å²) in [5.41, 5.74) is 2.38. The van der Waals surface area contributed by atoms with Crippen molar-refractivity contribution in [1.82, 2.24) is 4.90 Å². The molecule has 1 saturated heterocycles. The summed E-state index contributed by atoms with van der Waals surface area (Å²) in [6, 6.07) is 8.24. The maximum absolute atomic E-state index is 12.5. The van der Waals surface area contributed by atoms with Crippen molar-refractivity contribution in [3.63, 3.8) is 0 Å². The standard InChI is InChI=1S/C19H23NO2/c1-19(2,3)14-10-8-13(9-11-14)12-20-17(21)15-6-4-5-7-16(15)18(20)22/h4-5,8-11,15-16H,6-7,12H2,1-3H3/t15-,16+. The number of allylic oxidation sites excluding steroid dienone is 2. The van der Waals surface area contributed by atoms with Crippen molar-refractivity contribution in [3.8, 4) is 0 Å². The van der Waals surface area contributed by atoms with E-state index in [0.29, 0.717) is 19.4 Å². The van der Waals surface area contributed by atoms with Gasteiger partial charge >= 0.3 is 0 Å². The van der Waals surface area contributed by atoms with Crippen LogP contribution >= 0.6 is 0 Å². The third-order valence-electron chi connectivity index (χ3n) is 4.76. The Balaban J connectivity index is 1.76. The molecule has 1 fully saturated rings. The normalized spacial score (nSPS) is 24.8. The zero-order valence-electron chi connectivity index (χ0n) is 13.5. The number of likely N-dealkylation sites (tertiary alicyclic amines) is 1. The molecule has 3 nitrogen and oxygen atoms in total. The third-order valence-corrected chi connectivity index (χ3v) is 4.76. The van der Waals surface area contributed by atoms with Crippen LogP contribution in [-0.4, -0.2) is 16.7 Å². The molecule has 0 bridgehead atoms. The van der Waals surface area contributed by atoms with Crippen LogP contribution in [-0.2, 0) is 21.5 Å². The topological polar surface area (TPSA) is 37.4 Å². The smallest absolute Gasteiger partial charge is 0.233 e. The van der Waals surface area contributed by atoms with Gasteiger partial charge in [0.05, 0.1) is 18.4 Å². The summed E-state index contributed by atoms with van der Waals surface area (Å²) in [4.78, 5) is 26.4. The molecule has 3 heteroatoms. The lowest BCUT2D eigenvalue weighted by atomic mass is 9.85. The second-order valence-corrected chi connectivity index (χ2v) is 7.37. The number of benzene rings is 1. The van der Waals surface area contributed by atoms with Crippen molar-refractivity contribution < 1.29 is 9.59 Å². The zero-order valence-corrected chi connectivity index (χ0v) is 13.5. The average molecular weight is 297 g/mol. The Morgan fingerprint density at radius 2 is 1.45 bits per heavy atom. The number of fused-ring (bicyclic) bond motifs is 1. The molecule has 2 aliphatic rings. The molecule has 0 radical (unpaired) electrons. The number of carbonyl (C=O) groups excluding carboxylic acids is 2. The van der Waals surface area contributed by atoms with Crippen LogP contribution < -0.4 is 0 Å². The molecular weight excluding hydrogens is 274 g/mol. The molecule has 1 aliphatic carbocycles. The highest BCUT2D eigenvalue weighted by molar-refractivity contribution is 6.05. The van der Waals surface area contributed by atoms with Crippen LogP contribution in [0.2, 0.25) is 0 Å². The van der Waals surface area contributed by atoms with E-state index >= 15 is 0 Å². The van der Waals surface area contributed by atoms with Crippen molar-refractivity contribution in [2.45, 2.75) is 45.6 Å². The third kappa shape index (κ3) is 2.60. The van der Waals surface area contributed by atoms with Crippen molar-refractivity contribution >= 4 is 11.8 Å². The Labute approximate surface area is 132 Å². The fourth-order valence-corrected chi connectivity index (χ4v) is 3.32. The first-order chi connectivity index (χ1) is 10.4. The molecule has 22 heavy (non-hydrogen) atoms. The van der Waals surface area contributed by atoms with E-state index in [1.54, 1.807) is 0 Å². The molecule has 116 valence electrons. The minimum atomic E-state index is -0.133. The average Bonchev–Trinajstić information content (AvgIpc) is 2.73.